The van der Waals surface area contributed by atoms with Crippen LogP contribution >= 0.6 is 0 Å². The molecular weight excluding hydrogens is 314 g/mol. The molecule has 0 aliphatic rings. The maximum absolute atomic E-state index is 12.6. The number of likely N-dealkylation sites (N-methyl/N-ethyl adjacent to an activating group) is 1. The van der Waals surface area contributed by atoms with E-state index in [-0.39, 0.29) is 11.9 Å². The summed E-state index contributed by atoms with van der Waals surface area (Å²) in [6.07, 6.45) is 0. The minimum Gasteiger partial charge on any atom is -0.495 e. The normalized spacial score (nSPS) is 13.0. The topological polar surface area (TPSA) is 46.0 Å². The molecule has 5 heteroatoms. The van der Waals surface area contributed by atoms with Gasteiger partial charge in [0.2, 0.25) is 0 Å². The monoisotopic (exact) mass is 342 g/mol. The first-order chi connectivity index (χ1) is 11.9. The van der Waals surface area contributed by atoms with E-state index >= 15 is 0 Å². The number of rotatable bonds is 7. The number of hydrogen-bond donors (Lipinski definition) is 2. The number of para-hydroxylation sites is 2. The minimum atomic E-state index is -0.182. The summed E-state index contributed by atoms with van der Waals surface area (Å²) in [6.45, 7) is 2.72. The number of anilines is 2. The standard InChI is InChI=1S/C20H27N3O2/c1-15(20(24)21-18-8-6-7-9-19(18)25-5)23(4)14-16-10-12-17(13-11-16)22(2)3/h6-13,15H,14H2,1-5H3,(H,21,24)/p+1/t15-/m0/s1. The van der Waals surface area contributed by atoms with Gasteiger partial charge >= 0.3 is 0 Å². The molecule has 2 rings (SSSR count). The Morgan fingerprint density at radius 2 is 1.80 bits per heavy atom. The molecule has 2 N–H and O–H groups in total. The summed E-state index contributed by atoms with van der Waals surface area (Å²) < 4.78 is 5.29. The highest BCUT2D eigenvalue weighted by atomic mass is 16.5. The van der Waals surface area contributed by atoms with E-state index < -0.39 is 0 Å². The average Bonchev–Trinajstić information content (AvgIpc) is 2.61. The van der Waals surface area contributed by atoms with Crippen LogP contribution in [0.5, 0.6) is 5.75 Å². The van der Waals surface area contributed by atoms with Gasteiger partial charge < -0.3 is 19.9 Å². The van der Waals surface area contributed by atoms with E-state index in [1.54, 1.807) is 7.11 Å². The smallest absolute Gasteiger partial charge is 0.282 e. The van der Waals surface area contributed by atoms with Gasteiger partial charge in [-0.25, -0.2) is 0 Å². The Kier molecular flexibility index (Phi) is 6.42. The molecule has 0 bridgehead atoms. The first-order valence-corrected chi connectivity index (χ1v) is 8.45. The molecule has 0 saturated heterocycles. The second kappa shape index (κ2) is 8.53. The lowest BCUT2D eigenvalue weighted by Gasteiger charge is -2.22. The molecule has 0 spiro atoms. The van der Waals surface area contributed by atoms with Gasteiger partial charge in [-0.2, -0.15) is 0 Å². The summed E-state index contributed by atoms with van der Waals surface area (Å²) >= 11 is 0. The molecule has 0 fully saturated rings. The quantitative estimate of drug-likeness (QED) is 0.807. The first kappa shape index (κ1) is 18.8. The Hall–Kier alpha value is -2.53. The molecular formula is C20H28N3O2+. The molecule has 25 heavy (non-hydrogen) atoms. The Labute approximate surface area is 150 Å². The zero-order valence-corrected chi connectivity index (χ0v) is 15.7. The van der Waals surface area contributed by atoms with Crippen LogP contribution < -0.4 is 19.9 Å². The van der Waals surface area contributed by atoms with Crippen molar-refractivity contribution in [2.75, 3.05) is 38.5 Å². The van der Waals surface area contributed by atoms with Crippen LogP contribution in [0.4, 0.5) is 11.4 Å². The van der Waals surface area contributed by atoms with E-state index in [9.17, 15) is 4.79 Å². The number of methoxy groups -OCH3 is 1. The third-order valence-corrected chi connectivity index (χ3v) is 4.43. The number of ether oxygens (including phenoxy) is 1. The number of nitrogens with one attached hydrogen (secondary N) is 2. The number of hydrogen-bond acceptors (Lipinski definition) is 3. The Bertz CT molecular complexity index is 698. The van der Waals surface area contributed by atoms with Crippen molar-refractivity contribution in [2.45, 2.75) is 19.5 Å². The van der Waals surface area contributed by atoms with Gasteiger partial charge in [0, 0.05) is 25.3 Å². The lowest BCUT2D eigenvalue weighted by Crippen LogP contribution is -3.12. The van der Waals surface area contributed by atoms with E-state index in [0.29, 0.717) is 11.4 Å². The van der Waals surface area contributed by atoms with E-state index in [1.807, 2.05) is 52.3 Å². The van der Waals surface area contributed by atoms with E-state index in [1.165, 1.54) is 11.3 Å². The van der Waals surface area contributed by atoms with Gasteiger partial charge in [-0.3, -0.25) is 4.79 Å². The van der Waals surface area contributed by atoms with Crippen molar-refractivity contribution in [3.63, 3.8) is 0 Å². The molecule has 1 amide bonds. The molecule has 0 aliphatic carbocycles. The third kappa shape index (κ3) is 4.97. The van der Waals surface area contributed by atoms with Crippen LogP contribution in [-0.4, -0.2) is 40.2 Å². The molecule has 2 atom stereocenters. The van der Waals surface area contributed by atoms with Crippen LogP contribution in [0.1, 0.15) is 12.5 Å². The second-order valence-electron chi connectivity index (χ2n) is 6.50. The van der Waals surface area contributed by atoms with Gasteiger partial charge in [-0.1, -0.05) is 24.3 Å². The average molecular weight is 342 g/mol. The van der Waals surface area contributed by atoms with E-state index in [2.05, 4.69) is 34.5 Å². The Morgan fingerprint density at radius 3 is 2.40 bits per heavy atom. The highest BCUT2D eigenvalue weighted by Gasteiger charge is 2.22. The van der Waals surface area contributed by atoms with Crippen LogP contribution in [0, 0.1) is 0 Å². The summed E-state index contributed by atoms with van der Waals surface area (Å²) in [6, 6.07) is 15.7. The number of quaternary nitrogens is 1. The summed E-state index contributed by atoms with van der Waals surface area (Å²) in [4.78, 5) is 15.8. The highest BCUT2D eigenvalue weighted by Crippen LogP contribution is 2.22. The van der Waals surface area contributed by atoms with Crippen LogP contribution in [0.15, 0.2) is 48.5 Å². The van der Waals surface area contributed by atoms with Crippen molar-refractivity contribution in [2.24, 2.45) is 0 Å². The summed E-state index contributed by atoms with van der Waals surface area (Å²) in [5, 5.41) is 2.96. The fourth-order valence-corrected chi connectivity index (χ4v) is 2.60. The number of amides is 1. The van der Waals surface area contributed by atoms with Crippen LogP contribution in [0.2, 0.25) is 0 Å². The van der Waals surface area contributed by atoms with Crippen LogP contribution in [-0.2, 0) is 11.3 Å². The number of benzene rings is 2. The largest absolute Gasteiger partial charge is 0.495 e. The molecule has 0 aliphatic heterocycles. The molecule has 5 nitrogen and oxygen atoms in total. The highest BCUT2D eigenvalue weighted by molar-refractivity contribution is 5.94. The van der Waals surface area contributed by atoms with Gasteiger partial charge in [0.1, 0.15) is 12.3 Å². The predicted octanol–water partition coefficient (Wildman–Crippen LogP) is 1.80. The molecule has 2 aromatic rings. The molecule has 0 radical (unpaired) electrons. The van der Waals surface area contributed by atoms with Gasteiger partial charge in [0.15, 0.2) is 6.04 Å². The third-order valence-electron chi connectivity index (χ3n) is 4.43. The molecule has 134 valence electrons. The number of carbonyl (C=O) groups is 1. The molecule has 1 unspecified atom stereocenters. The van der Waals surface area contributed by atoms with Crippen molar-refractivity contribution in [1.82, 2.24) is 0 Å². The van der Waals surface area contributed by atoms with Crippen molar-refractivity contribution < 1.29 is 14.4 Å². The maximum atomic E-state index is 12.6. The summed E-state index contributed by atoms with van der Waals surface area (Å²) in [7, 11) is 7.68. The van der Waals surface area contributed by atoms with Gasteiger partial charge in [-0.15, -0.1) is 0 Å². The molecule has 0 saturated carbocycles. The molecule has 2 aromatic carbocycles. The predicted molar refractivity (Wildman–Crippen MR) is 102 cm³/mol. The SMILES string of the molecule is COc1ccccc1NC(=O)[C@H](C)[NH+](C)Cc1ccc(N(C)C)cc1. The van der Waals surface area contributed by atoms with E-state index in [4.69, 9.17) is 4.74 Å². The number of nitrogens with zero attached hydrogens (tertiary/aromatic N) is 1. The van der Waals surface area contributed by atoms with Crippen LogP contribution in [0.25, 0.3) is 0 Å². The fourth-order valence-electron chi connectivity index (χ4n) is 2.60. The van der Waals surface area contributed by atoms with Gasteiger partial charge in [0.05, 0.1) is 19.8 Å². The Morgan fingerprint density at radius 1 is 1.16 bits per heavy atom. The zero-order chi connectivity index (χ0) is 18.4. The Balaban J connectivity index is 1.98. The van der Waals surface area contributed by atoms with E-state index in [0.717, 1.165) is 11.4 Å². The van der Waals surface area contributed by atoms with Crippen molar-refractivity contribution in [3.05, 3.63) is 54.1 Å². The number of carbonyl (C=O) groups excluding carboxylic acids is 1. The first-order valence-electron chi connectivity index (χ1n) is 8.45. The van der Waals surface area contributed by atoms with Gasteiger partial charge in [-0.05, 0) is 31.2 Å². The molecule has 0 aromatic heterocycles. The fraction of sp³-hybridized carbons (Fsp3) is 0.350. The molecule has 0 heterocycles. The zero-order valence-electron chi connectivity index (χ0n) is 15.7. The summed E-state index contributed by atoms with van der Waals surface area (Å²) in [5.74, 6) is 0.645. The second-order valence-corrected chi connectivity index (χ2v) is 6.50. The van der Waals surface area contributed by atoms with Gasteiger partial charge in [0.25, 0.3) is 5.91 Å². The van der Waals surface area contributed by atoms with Crippen molar-refractivity contribution >= 4 is 17.3 Å². The summed E-state index contributed by atoms with van der Waals surface area (Å²) in [5.41, 5.74) is 3.08. The lowest BCUT2D eigenvalue weighted by molar-refractivity contribution is -0.907. The maximum Gasteiger partial charge on any atom is 0.282 e. The minimum absolute atomic E-state index is 0.0214. The lowest BCUT2D eigenvalue weighted by atomic mass is 10.1. The van der Waals surface area contributed by atoms with Crippen molar-refractivity contribution in [3.8, 4) is 5.75 Å². The van der Waals surface area contributed by atoms with Crippen LogP contribution in [0.3, 0.4) is 0 Å². The van der Waals surface area contributed by atoms with Crippen molar-refractivity contribution in [1.29, 1.82) is 0 Å².